The normalized spacial score (nSPS) is 24.8. The molecule has 0 aliphatic heterocycles. The molecule has 2 nitrogen and oxygen atoms in total. The van der Waals surface area contributed by atoms with Crippen LogP contribution in [0.3, 0.4) is 0 Å². The van der Waals surface area contributed by atoms with Gasteiger partial charge in [0, 0.05) is 11.6 Å². The number of aromatic nitrogens is 1. The van der Waals surface area contributed by atoms with E-state index in [0.29, 0.717) is 11.6 Å². The minimum Gasteiger partial charge on any atom is -0.242 e. The molecule has 0 N–H and O–H groups in total. The van der Waals surface area contributed by atoms with Crippen LogP contribution in [0.25, 0.3) is 0 Å². The molecule has 0 unspecified atom stereocenters. The molecule has 2 fully saturated rings. The van der Waals surface area contributed by atoms with Crippen LogP contribution >= 0.6 is 0 Å². The Labute approximate surface area is 217 Å². The van der Waals surface area contributed by atoms with Crippen LogP contribution in [0, 0.1) is 29.1 Å². The van der Waals surface area contributed by atoms with Gasteiger partial charge in [-0.05, 0) is 80.8 Å². The molecule has 196 valence electrons. The molecule has 1 heterocycles. The van der Waals surface area contributed by atoms with Crippen LogP contribution in [0.2, 0.25) is 0 Å². The van der Waals surface area contributed by atoms with Gasteiger partial charge in [-0.2, -0.15) is 5.26 Å². The number of aryl methyl sites for hydroxylation is 1. The topological polar surface area (TPSA) is 36.7 Å². The van der Waals surface area contributed by atoms with Gasteiger partial charge < -0.3 is 0 Å². The van der Waals surface area contributed by atoms with E-state index in [1.165, 1.54) is 140 Å². The van der Waals surface area contributed by atoms with Crippen molar-refractivity contribution in [1.29, 1.82) is 5.26 Å². The van der Waals surface area contributed by atoms with Crippen molar-refractivity contribution >= 4 is 0 Å². The highest BCUT2D eigenvalue weighted by Gasteiger charge is 2.31. The first-order valence-corrected chi connectivity index (χ1v) is 15.6. The van der Waals surface area contributed by atoms with Gasteiger partial charge in [0.15, 0.2) is 0 Å². The summed E-state index contributed by atoms with van der Waals surface area (Å²) in [5.41, 5.74) is 3.06. The van der Waals surface area contributed by atoms with Gasteiger partial charge in [-0.1, -0.05) is 103 Å². The van der Waals surface area contributed by atoms with Crippen LogP contribution in [-0.2, 0) is 6.42 Å². The average molecular weight is 479 g/mol. The molecule has 1 aromatic heterocycles. The Kier molecular flexibility index (Phi) is 13.2. The molecule has 0 amide bonds. The zero-order valence-corrected chi connectivity index (χ0v) is 23.2. The molecule has 1 aromatic rings. The van der Waals surface area contributed by atoms with Crippen molar-refractivity contribution in [2.75, 3.05) is 0 Å². The third-order valence-electron chi connectivity index (χ3n) is 9.37. The number of unbranched alkanes of at least 4 members (excludes halogenated alkanes) is 9. The molecule has 0 saturated heterocycles. The molecule has 2 heteroatoms. The smallest absolute Gasteiger partial charge is 0.143 e. The fourth-order valence-electron chi connectivity index (χ4n) is 7.00. The number of nitriles is 1. The monoisotopic (exact) mass is 478 g/mol. The largest absolute Gasteiger partial charge is 0.242 e. The van der Waals surface area contributed by atoms with E-state index in [9.17, 15) is 5.26 Å². The molecule has 35 heavy (non-hydrogen) atoms. The van der Waals surface area contributed by atoms with E-state index < -0.39 is 0 Å². The van der Waals surface area contributed by atoms with Crippen LogP contribution in [0.15, 0.2) is 12.1 Å². The summed E-state index contributed by atoms with van der Waals surface area (Å²) in [5.74, 6) is 3.52. The van der Waals surface area contributed by atoms with E-state index in [4.69, 9.17) is 4.98 Å². The summed E-state index contributed by atoms with van der Waals surface area (Å²) in [6, 6.07) is 6.89. The van der Waals surface area contributed by atoms with Gasteiger partial charge in [-0.3, -0.25) is 0 Å². The first-order valence-electron chi connectivity index (χ1n) is 15.6. The second kappa shape index (κ2) is 16.4. The third-order valence-corrected chi connectivity index (χ3v) is 9.37. The van der Waals surface area contributed by atoms with Crippen molar-refractivity contribution < 1.29 is 0 Å². The van der Waals surface area contributed by atoms with Gasteiger partial charge >= 0.3 is 0 Å². The van der Waals surface area contributed by atoms with E-state index in [1.54, 1.807) is 0 Å². The highest BCUT2D eigenvalue weighted by molar-refractivity contribution is 5.33. The van der Waals surface area contributed by atoms with E-state index in [-0.39, 0.29) is 0 Å². The maximum absolute atomic E-state index is 9.73. The Balaban J connectivity index is 1.37. The summed E-state index contributed by atoms with van der Waals surface area (Å²) in [6.07, 6.45) is 28.7. The van der Waals surface area contributed by atoms with Gasteiger partial charge in [0.1, 0.15) is 11.8 Å². The summed E-state index contributed by atoms with van der Waals surface area (Å²) in [7, 11) is 0. The van der Waals surface area contributed by atoms with Crippen LogP contribution in [-0.4, -0.2) is 4.98 Å². The molecule has 2 aliphatic rings. The van der Waals surface area contributed by atoms with Crippen LogP contribution in [0.1, 0.15) is 165 Å². The first-order chi connectivity index (χ1) is 17.2. The molecule has 0 bridgehead atoms. The lowest BCUT2D eigenvalue weighted by Crippen LogP contribution is -2.25. The van der Waals surface area contributed by atoms with Gasteiger partial charge in [0.25, 0.3) is 0 Å². The Bertz CT molecular complexity index is 732. The molecule has 3 rings (SSSR count). The summed E-state index contributed by atoms with van der Waals surface area (Å²) >= 11 is 0. The van der Waals surface area contributed by atoms with Gasteiger partial charge in [0.05, 0.1) is 0 Å². The molecule has 0 atom stereocenters. The Morgan fingerprint density at radius 1 is 0.714 bits per heavy atom. The lowest BCUT2D eigenvalue weighted by Gasteiger charge is -2.38. The molecule has 0 spiro atoms. The molecule has 0 radical (unpaired) electrons. The number of hydrogen-bond acceptors (Lipinski definition) is 2. The number of rotatable bonds is 15. The van der Waals surface area contributed by atoms with Crippen molar-refractivity contribution in [2.45, 2.75) is 155 Å². The van der Waals surface area contributed by atoms with E-state index in [1.807, 2.05) is 0 Å². The Hall–Kier alpha value is -1.36. The van der Waals surface area contributed by atoms with Gasteiger partial charge in [-0.25, -0.2) is 4.98 Å². The van der Waals surface area contributed by atoms with Crippen molar-refractivity contribution in [2.24, 2.45) is 17.8 Å². The molecular formula is C33H54N2. The first kappa shape index (κ1) is 28.2. The highest BCUT2D eigenvalue weighted by atomic mass is 14.7. The average Bonchev–Trinajstić information content (AvgIpc) is 2.91. The summed E-state index contributed by atoms with van der Waals surface area (Å²) in [6.45, 7) is 4.57. The lowest BCUT2D eigenvalue weighted by atomic mass is 9.68. The van der Waals surface area contributed by atoms with Crippen molar-refractivity contribution in [3.8, 4) is 6.07 Å². The SMILES string of the molecule is CCCCCCCCc1ccc(C2CCC(C3CCC(CCCCCCC)CC3)CC2)nc1C#N. The van der Waals surface area contributed by atoms with Gasteiger partial charge in [0.2, 0.25) is 0 Å². The minimum atomic E-state index is 0.570. The van der Waals surface area contributed by atoms with Crippen molar-refractivity contribution in [3.05, 3.63) is 29.1 Å². The number of pyridine rings is 1. The quantitative estimate of drug-likeness (QED) is 0.235. The van der Waals surface area contributed by atoms with Crippen molar-refractivity contribution in [3.63, 3.8) is 0 Å². The van der Waals surface area contributed by atoms with Crippen LogP contribution in [0.5, 0.6) is 0 Å². The summed E-state index contributed by atoms with van der Waals surface area (Å²) in [4.78, 5) is 4.88. The van der Waals surface area contributed by atoms with E-state index in [0.717, 1.165) is 24.2 Å². The fourth-order valence-corrected chi connectivity index (χ4v) is 7.00. The number of hydrogen-bond donors (Lipinski definition) is 0. The van der Waals surface area contributed by atoms with Crippen LogP contribution < -0.4 is 0 Å². The van der Waals surface area contributed by atoms with Gasteiger partial charge in [-0.15, -0.1) is 0 Å². The molecule has 2 aliphatic carbocycles. The predicted molar refractivity (Wildman–Crippen MR) is 150 cm³/mol. The maximum Gasteiger partial charge on any atom is 0.143 e. The summed E-state index contributed by atoms with van der Waals surface area (Å²) in [5, 5.41) is 9.73. The maximum atomic E-state index is 9.73. The lowest BCUT2D eigenvalue weighted by molar-refractivity contribution is 0.155. The zero-order chi connectivity index (χ0) is 24.7. The van der Waals surface area contributed by atoms with Crippen molar-refractivity contribution in [1.82, 2.24) is 4.98 Å². The fraction of sp³-hybridized carbons (Fsp3) is 0.818. The Morgan fingerprint density at radius 3 is 1.91 bits per heavy atom. The Morgan fingerprint density at radius 2 is 1.29 bits per heavy atom. The predicted octanol–water partition coefficient (Wildman–Crippen LogP) is 10.3. The van der Waals surface area contributed by atoms with E-state index in [2.05, 4.69) is 32.0 Å². The molecular weight excluding hydrogens is 424 g/mol. The second-order valence-electron chi connectivity index (χ2n) is 12.0. The van der Waals surface area contributed by atoms with Crippen LogP contribution in [0.4, 0.5) is 0 Å². The third kappa shape index (κ3) is 9.55. The standard InChI is InChI=1S/C33H54N2/c1-3-5-7-9-11-13-15-30-24-25-32(35-33(30)26-34)31-22-20-29(21-23-31)28-18-16-27(17-19-28)14-12-10-8-6-4-2/h24-25,27-29,31H,3-23H2,1-2H3. The zero-order valence-electron chi connectivity index (χ0n) is 23.2. The van der Waals surface area contributed by atoms with E-state index >= 15 is 0 Å². The molecule has 2 saturated carbocycles. The summed E-state index contributed by atoms with van der Waals surface area (Å²) < 4.78 is 0. The molecule has 0 aromatic carbocycles. The number of nitrogens with zero attached hydrogens (tertiary/aromatic N) is 2. The minimum absolute atomic E-state index is 0.570. The highest BCUT2D eigenvalue weighted by Crippen LogP contribution is 2.44. The second-order valence-corrected chi connectivity index (χ2v) is 12.0.